The van der Waals surface area contributed by atoms with Gasteiger partial charge in [0.05, 0.1) is 6.54 Å². The summed E-state index contributed by atoms with van der Waals surface area (Å²) in [5.41, 5.74) is 6.87. The second-order valence-electron chi connectivity index (χ2n) is 6.37. The van der Waals surface area contributed by atoms with Crippen molar-refractivity contribution in [3.05, 3.63) is 58.0 Å². The highest BCUT2D eigenvalue weighted by Crippen LogP contribution is 2.21. The largest absolute Gasteiger partial charge is 0.492 e. The van der Waals surface area contributed by atoms with E-state index in [0.717, 1.165) is 5.69 Å². The Morgan fingerprint density at radius 3 is 2.61 bits per heavy atom. The number of nitrogens with zero attached hydrogens (tertiary/aromatic N) is 2. The van der Waals surface area contributed by atoms with E-state index in [1.807, 2.05) is 45.0 Å². The Balaban J connectivity index is 2.24. The van der Waals surface area contributed by atoms with Crippen molar-refractivity contribution in [2.45, 2.75) is 32.7 Å². The van der Waals surface area contributed by atoms with Gasteiger partial charge in [0.2, 0.25) is 0 Å². The third-order valence-corrected chi connectivity index (χ3v) is 3.50. The predicted octanol–water partition coefficient (Wildman–Crippen LogP) is 2.68. The van der Waals surface area contributed by atoms with E-state index in [1.165, 1.54) is 0 Å². The zero-order valence-corrected chi connectivity index (χ0v) is 13.7. The fourth-order valence-corrected chi connectivity index (χ4v) is 2.40. The molecule has 23 heavy (non-hydrogen) atoms. The third kappa shape index (κ3) is 3.92. The molecule has 0 spiro atoms. The van der Waals surface area contributed by atoms with Crippen LogP contribution in [0, 0.1) is 11.3 Å². The van der Waals surface area contributed by atoms with Crippen LogP contribution >= 0.6 is 0 Å². The first-order chi connectivity index (χ1) is 10.8. The van der Waals surface area contributed by atoms with Crippen molar-refractivity contribution in [1.29, 1.82) is 5.26 Å². The van der Waals surface area contributed by atoms with E-state index in [4.69, 9.17) is 15.7 Å². The first kappa shape index (κ1) is 16.6. The molecule has 5 nitrogen and oxygen atoms in total. The van der Waals surface area contributed by atoms with E-state index in [2.05, 4.69) is 0 Å². The standard InChI is InChI=1S/C18H21N3O2/c1-18(2,3)16-8-7-13(12-19)17(22)21(16)9-10-23-15-6-4-5-14(20)11-15/h4-8,11H,9-10,20H2,1-3H3. The van der Waals surface area contributed by atoms with Gasteiger partial charge < -0.3 is 15.0 Å². The molecule has 1 aromatic carbocycles. The van der Waals surface area contributed by atoms with Gasteiger partial charge >= 0.3 is 0 Å². The van der Waals surface area contributed by atoms with Crippen LogP contribution in [0.4, 0.5) is 5.69 Å². The average molecular weight is 311 g/mol. The second-order valence-corrected chi connectivity index (χ2v) is 6.37. The molecule has 0 atom stereocenters. The summed E-state index contributed by atoms with van der Waals surface area (Å²) in [5, 5.41) is 9.06. The average Bonchev–Trinajstić information content (AvgIpc) is 2.47. The molecule has 2 aromatic rings. The Morgan fingerprint density at radius 1 is 1.26 bits per heavy atom. The maximum absolute atomic E-state index is 12.4. The van der Waals surface area contributed by atoms with Crippen LogP contribution in [0.1, 0.15) is 32.0 Å². The van der Waals surface area contributed by atoms with Gasteiger partial charge in [-0.15, -0.1) is 0 Å². The van der Waals surface area contributed by atoms with Crippen molar-refractivity contribution in [2.24, 2.45) is 0 Å². The lowest BCUT2D eigenvalue weighted by atomic mass is 9.91. The number of benzene rings is 1. The summed E-state index contributed by atoms with van der Waals surface area (Å²) in [5.74, 6) is 0.659. The van der Waals surface area contributed by atoms with Crippen molar-refractivity contribution in [3.63, 3.8) is 0 Å². The van der Waals surface area contributed by atoms with Crippen molar-refractivity contribution >= 4 is 5.69 Å². The molecular weight excluding hydrogens is 290 g/mol. The topological polar surface area (TPSA) is 81.0 Å². The number of pyridine rings is 1. The molecular formula is C18H21N3O2. The summed E-state index contributed by atoms with van der Waals surface area (Å²) in [4.78, 5) is 12.4. The van der Waals surface area contributed by atoms with Gasteiger partial charge in [-0.05, 0) is 24.3 Å². The third-order valence-electron chi connectivity index (χ3n) is 3.50. The SMILES string of the molecule is CC(C)(C)c1ccc(C#N)c(=O)n1CCOc1cccc(N)c1. The summed E-state index contributed by atoms with van der Waals surface area (Å²) in [6.45, 7) is 6.78. The molecule has 0 radical (unpaired) electrons. The molecule has 0 saturated carbocycles. The fraction of sp³-hybridized carbons (Fsp3) is 0.333. The van der Waals surface area contributed by atoms with E-state index < -0.39 is 0 Å². The number of ether oxygens (including phenoxy) is 1. The molecule has 2 N–H and O–H groups in total. The Labute approximate surface area is 135 Å². The summed E-state index contributed by atoms with van der Waals surface area (Å²) in [7, 11) is 0. The summed E-state index contributed by atoms with van der Waals surface area (Å²) < 4.78 is 7.28. The fourth-order valence-electron chi connectivity index (χ4n) is 2.40. The van der Waals surface area contributed by atoms with Crippen LogP contribution in [-0.2, 0) is 12.0 Å². The highest BCUT2D eigenvalue weighted by Gasteiger charge is 2.20. The maximum atomic E-state index is 12.4. The lowest BCUT2D eigenvalue weighted by Gasteiger charge is -2.24. The van der Waals surface area contributed by atoms with Crippen LogP contribution < -0.4 is 16.0 Å². The smallest absolute Gasteiger partial charge is 0.268 e. The molecule has 0 unspecified atom stereocenters. The molecule has 1 heterocycles. The van der Waals surface area contributed by atoms with Crippen LogP contribution in [0.3, 0.4) is 0 Å². The van der Waals surface area contributed by atoms with Gasteiger partial charge in [-0.1, -0.05) is 26.8 Å². The number of nitrogen functional groups attached to an aromatic ring is 1. The Kier molecular flexibility index (Phi) is 4.75. The number of hydrogen-bond donors (Lipinski definition) is 1. The number of rotatable bonds is 4. The maximum Gasteiger partial charge on any atom is 0.268 e. The van der Waals surface area contributed by atoms with Gasteiger partial charge in [-0.3, -0.25) is 4.79 Å². The minimum absolute atomic E-state index is 0.141. The van der Waals surface area contributed by atoms with E-state index in [0.29, 0.717) is 24.6 Å². The molecule has 0 aliphatic rings. The predicted molar refractivity (Wildman–Crippen MR) is 90.5 cm³/mol. The molecule has 0 saturated heterocycles. The van der Waals surface area contributed by atoms with Gasteiger partial charge in [0.15, 0.2) is 0 Å². The molecule has 0 aliphatic heterocycles. The van der Waals surface area contributed by atoms with Gasteiger partial charge in [0.25, 0.3) is 5.56 Å². The zero-order valence-electron chi connectivity index (χ0n) is 13.7. The van der Waals surface area contributed by atoms with Crippen molar-refractivity contribution in [2.75, 3.05) is 12.3 Å². The quantitative estimate of drug-likeness (QED) is 0.880. The number of nitrogens with two attached hydrogens (primary N) is 1. The Bertz CT molecular complexity index is 795. The molecule has 1 aromatic heterocycles. The van der Waals surface area contributed by atoms with E-state index in [9.17, 15) is 4.79 Å². The van der Waals surface area contributed by atoms with Crippen molar-refractivity contribution in [3.8, 4) is 11.8 Å². The molecule has 0 bridgehead atoms. The van der Waals surface area contributed by atoms with E-state index in [1.54, 1.807) is 22.8 Å². The van der Waals surface area contributed by atoms with Gasteiger partial charge in [0.1, 0.15) is 24.0 Å². The van der Waals surface area contributed by atoms with Crippen LogP contribution in [0.25, 0.3) is 0 Å². The van der Waals surface area contributed by atoms with Crippen LogP contribution in [-0.4, -0.2) is 11.2 Å². The molecule has 2 rings (SSSR count). The molecule has 0 fully saturated rings. The number of hydrogen-bond acceptors (Lipinski definition) is 4. The first-order valence-electron chi connectivity index (χ1n) is 7.45. The van der Waals surface area contributed by atoms with Crippen molar-refractivity contribution < 1.29 is 4.74 Å². The van der Waals surface area contributed by atoms with Crippen LogP contribution in [0.2, 0.25) is 0 Å². The highest BCUT2D eigenvalue weighted by molar-refractivity contribution is 5.43. The van der Waals surface area contributed by atoms with Crippen LogP contribution in [0.15, 0.2) is 41.2 Å². The number of aromatic nitrogens is 1. The normalized spacial score (nSPS) is 11.0. The van der Waals surface area contributed by atoms with Crippen LogP contribution in [0.5, 0.6) is 5.75 Å². The van der Waals surface area contributed by atoms with Gasteiger partial charge in [0, 0.05) is 22.9 Å². The van der Waals surface area contributed by atoms with Crippen molar-refractivity contribution in [1.82, 2.24) is 4.57 Å². The Morgan fingerprint density at radius 2 is 2.00 bits per heavy atom. The molecule has 0 aliphatic carbocycles. The first-order valence-corrected chi connectivity index (χ1v) is 7.45. The summed E-state index contributed by atoms with van der Waals surface area (Å²) in [6.07, 6.45) is 0. The molecule has 120 valence electrons. The van der Waals surface area contributed by atoms with E-state index >= 15 is 0 Å². The zero-order chi connectivity index (χ0) is 17.0. The number of nitriles is 1. The lowest BCUT2D eigenvalue weighted by Crippen LogP contribution is -2.32. The Hall–Kier alpha value is -2.74. The number of anilines is 1. The monoisotopic (exact) mass is 311 g/mol. The lowest BCUT2D eigenvalue weighted by molar-refractivity contribution is 0.291. The second kappa shape index (κ2) is 6.57. The highest BCUT2D eigenvalue weighted by atomic mass is 16.5. The molecule has 5 heteroatoms. The summed E-state index contributed by atoms with van der Waals surface area (Å²) in [6, 6.07) is 12.5. The van der Waals surface area contributed by atoms with Gasteiger partial charge in [-0.25, -0.2) is 0 Å². The molecule has 0 amide bonds. The summed E-state index contributed by atoms with van der Waals surface area (Å²) >= 11 is 0. The minimum Gasteiger partial charge on any atom is -0.492 e. The minimum atomic E-state index is -0.281. The van der Waals surface area contributed by atoms with Gasteiger partial charge in [-0.2, -0.15) is 5.26 Å². The van der Waals surface area contributed by atoms with E-state index in [-0.39, 0.29) is 16.5 Å².